The maximum Gasteiger partial charge on any atom is 0.443 e. The highest BCUT2D eigenvalue weighted by atomic mass is 35.5. The van der Waals surface area contributed by atoms with Crippen LogP contribution in [0.1, 0.15) is 22.7 Å². The summed E-state index contributed by atoms with van der Waals surface area (Å²) in [5.41, 5.74) is 0.491. The number of benzene rings is 2. The van der Waals surface area contributed by atoms with Gasteiger partial charge < -0.3 is 0 Å². The Balaban J connectivity index is 1.80. The van der Waals surface area contributed by atoms with Gasteiger partial charge in [-0.15, -0.1) is 15.8 Å². The van der Waals surface area contributed by atoms with Crippen molar-refractivity contribution in [3.8, 4) is 0 Å². The van der Waals surface area contributed by atoms with Crippen LogP contribution in [-0.2, 0) is 16.7 Å². The number of thiazole rings is 1. The van der Waals surface area contributed by atoms with E-state index in [9.17, 15) is 26.3 Å². The number of hydrogen-bond donors (Lipinski definition) is 1. The molecule has 2 aliphatic heterocycles. The number of aliphatic imine (C=N–C) groups is 1. The summed E-state index contributed by atoms with van der Waals surface area (Å²) in [6.45, 7) is 1.52. The predicted molar refractivity (Wildman–Crippen MR) is 164 cm³/mol. The Kier molecular flexibility index (Phi) is 8.90. The molecule has 1 amide bonds. The van der Waals surface area contributed by atoms with Gasteiger partial charge in [-0.2, -0.15) is 31.3 Å². The molecule has 3 heterocycles. The summed E-state index contributed by atoms with van der Waals surface area (Å²) in [4.78, 5) is 23.1. The van der Waals surface area contributed by atoms with E-state index in [-0.39, 0.29) is 44.4 Å². The van der Waals surface area contributed by atoms with E-state index >= 15 is 9.18 Å². The van der Waals surface area contributed by atoms with E-state index in [1.807, 2.05) is 0 Å². The van der Waals surface area contributed by atoms with Crippen molar-refractivity contribution in [1.29, 1.82) is 0 Å². The fraction of sp³-hybridized carbons (Fsp3) is 0.321. The van der Waals surface area contributed by atoms with Crippen molar-refractivity contribution in [3.63, 3.8) is 0 Å². The monoisotopic (exact) mass is 711 g/mol. The Morgan fingerprint density at radius 1 is 1.02 bits per heavy atom. The number of rotatable bonds is 8. The summed E-state index contributed by atoms with van der Waals surface area (Å²) in [5.74, 6) is -1.90. The Labute approximate surface area is 271 Å². The number of nitrogens with zero attached hydrogens (tertiary/aromatic N) is 4. The van der Waals surface area contributed by atoms with Crippen LogP contribution in [0.3, 0.4) is 0 Å². The van der Waals surface area contributed by atoms with Gasteiger partial charge in [0.05, 0.1) is 26.2 Å². The molecular formula is C28H25ClF7N5OS3+2. The molecule has 17 heteroatoms. The number of aromatic nitrogens is 1. The molecule has 2 aliphatic rings. The Morgan fingerprint density at radius 3 is 2.29 bits per heavy atom. The summed E-state index contributed by atoms with van der Waals surface area (Å²) < 4.78 is 93.4. The van der Waals surface area contributed by atoms with Crippen LogP contribution in [0.4, 0.5) is 42.1 Å². The molecule has 0 fully saturated rings. The third kappa shape index (κ3) is 6.24. The van der Waals surface area contributed by atoms with E-state index < -0.39 is 50.1 Å². The van der Waals surface area contributed by atoms with Gasteiger partial charge in [0, 0.05) is 46.2 Å². The SMILES string of the molecule is Cc1ccc([N+]2(c3ccc(Cl)cc3)C(=O)C3=C(NC2(SCCC(F)(F)F)SCc2csc(C(F)(F)F)n2)[N+](C)(C)C=N3)cc1F. The Bertz CT molecular complexity index is 1690. The lowest BCUT2D eigenvalue weighted by Gasteiger charge is -2.51. The van der Waals surface area contributed by atoms with E-state index in [1.54, 1.807) is 14.1 Å². The minimum Gasteiger partial charge on any atom is -0.267 e. The van der Waals surface area contributed by atoms with Gasteiger partial charge in [-0.3, -0.25) is 5.32 Å². The molecule has 3 aromatic rings. The highest BCUT2D eigenvalue weighted by Gasteiger charge is 2.68. The third-order valence-corrected chi connectivity index (χ3v) is 11.4. The molecule has 0 aliphatic carbocycles. The maximum atomic E-state index is 15.3. The quantitative estimate of drug-likeness (QED) is 0.144. The summed E-state index contributed by atoms with van der Waals surface area (Å²) in [6.07, 6.45) is -9.03. The summed E-state index contributed by atoms with van der Waals surface area (Å²) in [7, 11) is 3.40. The molecule has 0 radical (unpaired) electrons. The molecule has 0 saturated heterocycles. The van der Waals surface area contributed by atoms with Crippen LogP contribution in [0.2, 0.25) is 5.02 Å². The number of amides is 1. The minimum absolute atomic E-state index is 0.00265. The zero-order chi connectivity index (χ0) is 33.0. The average Bonchev–Trinajstić information content (AvgIpc) is 3.54. The van der Waals surface area contributed by atoms with Crippen molar-refractivity contribution < 1.29 is 40.0 Å². The molecule has 6 nitrogen and oxygen atoms in total. The molecule has 45 heavy (non-hydrogen) atoms. The molecule has 0 spiro atoms. The van der Waals surface area contributed by atoms with Gasteiger partial charge >= 0.3 is 18.3 Å². The zero-order valence-electron chi connectivity index (χ0n) is 23.8. The smallest absolute Gasteiger partial charge is 0.267 e. The molecule has 2 unspecified atom stereocenters. The van der Waals surface area contributed by atoms with Gasteiger partial charge in [0.15, 0.2) is 17.0 Å². The van der Waals surface area contributed by atoms with E-state index in [4.69, 9.17) is 11.6 Å². The third-order valence-electron chi connectivity index (χ3n) is 7.15. The number of carbonyl (C=O) groups is 1. The summed E-state index contributed by atoms with van der Waals surface area (Å²) in [5, 5.41) is 3.73. The molecule has 0 bridgehead atoms. The topological polar surface area (TPSA) is 54.4 Å². The molecule has 240 valence electrons. The second-order valence-corrected chi connectivity index (χ2v) is 14.7. The highest BCUT2D eigenvalue weighted by Crippen LogP contribution is 2.58. The summed E-state index contributed by atoms with van der Waals surface area (Å²) in [6, 6.07) is 10.1. The predicted octanol–water partition coefficient (Wildman–Crippen LogP) is 8.55. The van der Waals surface area contributed by atoms with Crippen LogP contribution in [0.5, 0.6) is 0 Å². The average molecular weight is 712 g/mol. The van der Waals surface area contributed by atoms with E-state index in [2.05, 4.69) is 15.3 Å². The van der Waals surface area contributed by atoms with Gasteiger partial charge in [-0.1, -0.05) is 41.2 Å². The largest absolute Gasteiger partial charge is 0.443 e. The van der Waals surface area contributed by atoms with Crippen LogP contribution in [0.25, 0.3) is 0 Å². The number of aryl methyl sites for hydroxylation is 1. The molecule has 1 N–H and O–H groups in total. The molecule has 2 atom stereocenters. The fourth-order valence-electron chi connectivity index (χ4n) is 4.95. The van der Waals surface area contributed by atoms with Crippen LogP contribution < -0.4 is 9.80 Å². The van der Waals surface area contributed by atoms with Crippen LogP contribution >= 0.6 is 46.5 Å². The molecule has 1 aromatic heterocycles. The number of thioether (sulfide) groups is 2. The minimum atomic E-state index is -4.70. The first-order valence-electron chi connectivity index (χ1n) is 13.1. The molecule has 0 saturated carbocycles. The van der Waals surface area contributed by atoms with Crippen molar-refractivity contribution >= 4 is 70.1 Å². The Hall–Kier alpha value is -2.63. The zero-order valence-corrected chi connectivity index (χ0v) is 27.0. The maximum absolute atomic E-state index is 15.3. The van der Waals surface area contributed by atoms with Crippen LogP contribution in [0, 0.1) is 12.7 Å². The lowest BCUT2D eigenvalue weighted by atomic mass is 10.1. The second kappa shape index (κ2) is 11.9. The fourth-order valence-corrected chi connectivity index (χ4v) is 9.04. The molecule has 2 aromatic carbocycles. The number of alkyl halides is 6. The lowest BCUT2D eigenvalue weighted by Crippen LogP contribution is -2.73. The van der Waals surface area contributed by atoms with Crippen molar-refractivity contribution in [2.45, 2.75) is 35.8 Å². The van der Waals surface area contributed by atoms with Crippen molar-refractivity contribution in [2.24, 2.45) is 4.99 Å². The Morgan fingerprint density at radius 2 is 1.69 bits per heavy atom. The number of halogens is 8. The van der Waals surface area contributed by atoms with Crippen molar-refractivity contribution in [2.75, 3.05) is 19.8 Å². The number of carbonyl (C=O) groups excluding carboxylic acids is 1. The van der Waals surface area contributed by atoms with Gasteiger partial charge in [0.25, 0.3) is 10.0 Å². The first-order chi connectivity index (χ1) is 20.9. The van der Waals surface area contributed by atoms with Crippen LogP contribution in [-0.4, -0.2) is 52.1 Å². The molecule has 5 rings (SSSR count). The first kappa shape index (κ1) is 33.7. The van der Waals surface area contributed by atoms with E-state index in [0.29, 0.717) is 16.4 Å². The number of quaternary nitrogens is 2. The lowest BCUT2D eigenvalue weighted by molar-refractivity contribution is -0.752. The normalized spacial score (nSPS) is 23.0. The van der Waals surface area contributed by atoms with Crippen molar-refractivity contribution in [1.82, 2.24) is 14.8 Å². The highest BCUT2D eigenvalue weighted by molar-refractivity contribution is 8.17. The van der Waals surface area contributed by atoms with E-state index in [0.717, 1.165) is 29.6 Å². The van der Waals surface area contributed by atoms with Gasteiger partial charge in [0.2, 0.25) is 5.82 Å². The number of hydrogen-bond acceptors (Lipinski definition) is 7. The van der Waals surface area contributed by atoms with E-state index in [1.165, 1.54) is 55.0 Å². The van der Waals surface area contributed by atoms with Crippen molar-refractivity contribution in [3.05, 3.63) is 86.5 Å². The first-order valence-corrected chi connectivity index (χ1v) is 16.4. The van der Waals surface area contributed by atoms with Gasteiger partial charge in [-0.05, 0) is 24.6 Å². The van der Waals surface area contributed by atoms with Gasteiger partial charge in [-0.25, -0.2) is 18.7 Å². The van der Waals surface area contributed by atoms with Crippen LogP contribution in [0.15, 0.2) is 64.4 Å². The molecular weight excluding hydrogens is 687 g/mol. The second-order valence-electron chi connectivity index (χ2n) is 10.7. The van der Waals surface area contributed by atoms with Gasteiger partial charge in [0.1, 0.15) is 11.5 Å². The standard InChI is InChI=1S/C28H24ClF7N5OS3/c1-16-4-7-20(12-21(16)30)41(19-8-5-17(29)6-9-19)24(42)22-23(40(2,3)15-37-22)39-28(41,44-11-10-26(31,32)33)45-14-18-13-43-25(38-18)27(34,35)36/h4-9,12-13,15H,10-11,14H2,1-3H3/q+1/p+1. The number of nitrogens with one attached hydrogen (secondary N) is 1. The summed E-state index contributed by atoms with van der Waals surface area (Å²) >= 11 is 8.22.